The van der Waals surface area contributed by atoms with Gasteiger partial charge in [-0.1, -0.05) is 19.9 Å². The van der Waals surface area contributed by atoms with Gasteiger partial charge < -0.3 is 10.1 Å². The number of carbonyl (C=O) groups excluding carboxylic acids is 2. The maximum absolute atomic E-state index is 11.9. The van der Waals surface area contributed by atoms with Crippen LogP contribution in [0, 0.1) is 16.7 Å². The van der Waals surface area contributed by atoms with Crippen molar-refractivity contribution in [2.75, 3.05) is 13.7 Å². The molecule has 0 aromatic heterocycles. The van der Waals surface area contributed by atoms with Crippen LogP contribution >= 0.6 is 0 Å². The van der Waals surface area contributed by atoms with Crippen molar-refractivity contribution in [2.45, 2.75) is 39.5 Å². The molecule has 0 saturated heterocycles. The Hall–Kier alpha value is -1.32. The lowest BCUT2D eigenvalue weighted by Gasteiger charge is -2.61. The number of rotatable bonds is 4. The van der Waals surface area contributed by atoms with E-state index in [0.29, 0.717) is 17.4 Å². The summed E-state index contributed by atoms with van der Waals surface area (Å²) in [6, 6.07) is 0. The van der Waals surface area contributed by atoms with E-state index >= 15 is 0 Å². The first-order valence-electron chi connectivity index (χ1n) is 6.88. The number of hydrogen-bond donors (Lipinski definition) is 1. The molecule has 0 heterocycles. The summed E-state index contributed by atoms with van der Waals surface area (Å²) < 4.78 is 4.47. The summed E-state index contributed by atoms with van der Waals surface area (Å²) in [5.41, 5.74) is 0.943. The number of ether oxygens (including phenoxy) is 1. The van der Waals surface area contributed by atoms with E-state index in [1.165, 1.54) is 26.0 Å². The highest BCUT2D eigenvalue weighted by atomic mass is 16.5. The first-order valence-corrected chi connectivity index (χ1v) is 6.88. The Labute approximate surface area is 114 Å². The molecular formula is C15H23NO3. The second-order valence-electron chi connectivity index (χ2n) is 6.79. The Morgan fingerprint density at radius 1 is 1.32 bits per heavy atom. The van der Waals surface area contributed by atoms with E-state index in [2.05, 4.69) is 23.9 Å². The summed E-state index contributed by atoms with van der Waals surface area (Å²) in [5, 5.41) is 2.84. The van der Waals surface area contributed by atoms with E-state index in [4.69, 9.17) is 0 Å². The second kappa shape index (κ2) is 4.99. The van der Waals surface area contributed by atoms with Gasteiger partial charge in [-0.3, -0.25) is 4.79 Å². The van der Waals surface area contributed by atoms with E-state index in [1.54, 1.807) is 6.08 Å². The van der Waals surface area contributed by atoms with Crippen LogP contribution in [0.15, 0.2) is 12.2 Å². The van der Waals surface area contributed by atoms with Crippen molar-refractivity contribution >= 4 is 11.9 Å². The third kappa shape index (κ3) is 3.17. The van der Waals surface area contributed by atoms with Crippen LogP contribution in [0.2, 0.25) is 0 Å². The van der Waals surface area contributed by atoms with Crippen LogP contribution < -0.4 is 5.32 Å². The average Bonchev–Trinajstić information content (AvgIpc) is 2.27. The van der Waals surface area contributed by atoms with Crippen molar-refractivity contribution in [3.8, 4) is 0 Å². The van der Waals surface area contributed by atoms with E-state index in [0.717, 1.165) is 12.8 Å². The molecule has 1 N–H and O–H groups in total. The lowest BCUT2D eigenvalue weighted by Crippen LogP contribution is -2.54. The summed E-state index contributed by atoms with van der Waals surface area (Å²) in [5.74, 6) is -0.110. The summed E-state index contributed by atoms with van der Waals surface area (Å²) in [6.45, 7) is 4.98. The molecule has 2 aliphatic rings. The zero-order chi connectivity index (χ0) is 14.1. The minimum Gasteiger partial charge on any atom is -0.466 e. The van der Waals surface area contributed by atoms with Crippen molar-refractivity contribution in [1.29, 1.82) is 0 Å². The Bertz CT molecular complexity index is 396. The molecule has 2 aliphatic carbocycles. The molecule has 2 saturated carbocycles. The predicted molar refractivity (Wildman–Crippen MR) is 72.3 cm³/mol. The number of methoxy groups -OCH3 is 1. The van der Waals surface area contributed by atoms with Crippen molar-refractivity contribution < 1.29 is 14.3 Å². The summed E-state index contributed by atoms with van der Waals surface area (Å²) >= 11 is 0. The molecule has 19 heavy (non-hydrogen) atoms. The Morgan fingerprint density at radius 2 is 1.95 bits per heavy atom. The van der Waals surface area contributed by atoms with Crippen LogP contribution in [0.3, 0.4) is 0 Å². The van der Waals surface area contributed by atoms with Gasteiger partial charge in [-0.2, -0.15) is 0 Å². The fraction of sp³-hybridized carbons (Fsp3) is 0.733. The molecular weight excluding hydrogens is 242 g/mol. The van der Waals surface area contributed by atoms with Gasteiger partial charge in [0.1, 0.15) is 0 Å². The highest BCUT2D eigenvalue weighted by molar-refractivity contribution is 5.82. The Kier molecular flexibility index (Phi) is 3.70. The first-order chi connectivity index (χ1) is 8.86. The van der Waals surface area contributed by atoms with Crippen molar-refractivity contribution in [3.05, 3.63) is 12.2 Å². The minimum absolute atomic E-state index is 0.116. The van der Waals surface area contributed by atoms with E-state index < -0.39 is 5.97 Å². The molecule has 0 aromatic rings. The largest absolute Gasteiger partial charge is 0.466 e. The van der Waals surface area contributed by atoms with Gasteiger partial charge in [0.05, 0.1) is 7.11 Å². The second-order valence-corrected chi connectivity index (χ2v) is 6.79. The molecule has 4 nitrogen and oxygen atoms in total. The maximum atomic E-state index is 11.9. The van der Waals surface area contributed by atoms with Gasteiger partial charge in [0.2, 0.25) is 5.91 Å². The van der Waals surface area contributed by atoms with Crippen molar-refractivity contribution in [2.24, 2.45) is 16.7 Å². The number of hydrogen-bond acceptors (Lipinski definition) is 3. The van der Waals surface area contributed by atoms with Gasteiger partial charge in [0.25, 0.3) is 0 Å². The number of nitrogens with one attached hydrogen (secondary N) is 1. The van der Waals surface area contributed by atoms with Crippen LogP contribution in [0.5, 0.6) is 0 Å². The van der Waals surface area contributed by atoms with E-state index in [-0.39, 0.29) is 11.8 Å². The monoisotopic (exact) mass is 265 g/mol. The maximum Gasteiger partial charge on any atom is 0.330 e. The molecule has 0 unspecified atom stereocenters. The van der Waals surface area contributed by atoms with E-state index in [1.807, 2.05) is 0 Å². The lowest BCUT2D eigenvalue weighted by atomic mass is 9.43. The van der Waals surface area contributed by atoms with Crippen LogP contribution in [-0.4, -0.2) is 25.5 Å². The standard InChI is InChI=1S/C15H23NO3/c1-14(2)9-15(10-14)7-11(8-15)13(18)16-6-4-5-12(17)19-3/h4-5,11H,6-10H2,1-3H3,(H,16,18)/b5-4+. The Morgan fingerprint density at radius 3 is 2.47 bits per heavy atom. The van der Waals surface area contributed by atoms with Gasteiger partial charge in [-0.15, -0.1) is 0 Å². The summed E-state index contributed by atoms with van der Waals surface area (Å²) in [7, 11) is 1.33. The van der Waals surface area contributed by atoms with Crippen LogP contribution in [0.25, 0.3) is 0 Å². The molecule has 0 aromatic carbocycles. The van der Waals surface area contributed by atoms with Gasteiger partial charge in [0.15, 0.2) is 0 Å². The molecule has 106 valence electrons. The first kappa shape index (κ1) is 14.1. The van der Waals surface area contributed by atoms with E-state index in [9.17, 15) is 9.59 Å². The van der Waals surface area contributed by atoms with Gasteiger partial charge in [-0.05, 0) is 36.5 Å². The quantitative estimate of drug-likeness (QED) is 0.625. The third-order valence-electron chi connectivity index (χ3n) is 4.29. The zero-order valence-electron chi connectivity index (χ0n) is 12.0. The predicted octanol–water partition coefficient (Wildman–Crippen LogP) is 2.05. The number of amides is 1. The molecule has 2 fully saturated rings. The number of esters is 1. The Balaban J connectivity index is 1.64. The SMILES string of the molecule is COC(=O)/C=C/CNC(=O)C1CC2(C1)CC(C)(C)C2. The van der Waals surface area contributed by atoms with Crippen molar-refractivity contribution in [3.63, 3.8) is 0 Å². The molecule has 0 atom stereocenters. The molecule has 0 radical (unpaired) electrons. The van der Waals surface area contributed by atoms with Crippen molar-refractivity contribution in [1.82, 2.24) is 5.32 Å². The highest BCUT2D eigenvalue weighted by Crippen LogP contribution is 2.65. The number of carbonyl (C=O) groups is 2. The zero-order valence-corrected chi connectivity index (χ0v) is 12.0. The molecule has 1 amide bonds. The summed E-state index contributed by atoms with van der Waals surface area (Å²) in [4.78, 5) is 22.7. The van der Waals surface area contributed by atoms with Gasteiger partial charge >= 0.3 is 5.97 Å². The molecule has 1 spiro atoms. The van der Waals surface area contributed by atoms with Gasteiger partial charge in [-0.25, -0.2) is 4.79 Å². The van der Waals surface area contributed by atoms with Crippen LogP contribution in [0.4, 0.5) is 0 Å². The average molecular weight is 265 g/mol. The van der Waals surface area contributed by atoms with Crippen LogP contribution in [-0.2, 0) is 14.3 Å². The third-order valence-corrected chi connectivity index (χ3v) is 4.29. The molecule has 0 aliphatic heterocycles. The molecule has 2 rings (SSSR count). The minimum atomic E-state index is -0.395. The fourth-order valence-electron chi connectivity index (χ4n) is 3.97. The molecule has 4 heteroatoms. The fourth-order valence-corrected chi connectivity index (χ4v) is 3.97. The van der Waals surface area contributed by atoms with Crippen LogP contribution in [0.1, 0.15) is 39.5 Å². The molecule has 0 bridgehead atoms. The smallest absolute Gasteiger partial charge is 0.330 e. The normalized spacial score (nSPS) is 23.7. The lowest BCUT2D eigenvalue weighted by molar-refractivity contribution is -0.148. The van der Waals surface area contributed by atoms with Gasteiger partial charge in [0, 0.05) is 18.5 Å². The topological polar surface area (TPSA) is 55.4 Å². The summed E-state index contributed by atoms with van der Waals surface area (Å²) in [6.07, 6.45) is 7.52. The highest BCUT2D eigenvalue weighted by Gasteiger charge is 2.57.